The molecule has 1 saturated heterocycles. The van der Waals surface area contributed by atoms with Gasteiger partial charge in [0, 0.05) is 18.8 Å². The van der Waals surface area contributed by atoms with E-state index >= 15 is 0 Å². The molecule has 0 atom stereocenters. The monoisotopic (exact) mass is 289 g/mol. The molecular formula is C14H22F3N3. The molecule has 0 bridgehead atoms. The van der Waals surface area contributed by atoms with Crippen LogP contribution in [0.5, 0.6) is 0 Å². The number of rotatable bonds is 3. The summed E-state index contributed by atoms with van der Waals surface area (Å²) in [6, 6.07) is 0. The van der Waals surface area contributed by atoms with Gasteiger partial charge in [-0.15, -0.1) is 0 Å². The lowest BCUT2D eigenvalue weighted by Gasteiger charge is -2.47. The van der Waals surface area contributed by atoms with Crippen LogP contribution in [0.3, 0.4) is 0 Å². The molecule has 114 valence electrons. The van der Waals surface area contributed by atoms with Gasteiger partial charge >= 0.3 is 6.18 Å². The maximum atomic E-state index is 12.3. The van der Waals surface area contributed by atoms with Gasteiger partial charge in [-0.2, -0.15) is 23.4 Å². The third-order valence-corrected chi connectivity index (χ3v) is 4.53. The van der Waals surface area contributed by atoms with Gasteiger partial charge in [0.25, 0.3) is 0 Å². The van der Waals surface area contributed by atoms with Gasteiger partial charge < -0.3 is 5.32 Å². The van der Waals surface area contributed by atoms with Gasteiger partial charge in [-0.1, -0.05) is 0 Å². The fourth-order valence-electron chi connectivity index (χ4n) is 3.00. The molecule has 0 unspecified atom stereocenters. The van der Waals surface area contributed by atoms with Crippen LogP contribution >= 0.6 is 0 Å². The average molecular weight is 289 g/mol. The fourth-order valence-corrected chi connectivity index (χ4v) is 3.00. The lowest BCUT2D eigenvalue weighted by molar-refractivity contribution is -0.0593. The number of hydrogen-bond acceptors (Lipinski definition) is 3. The van der Waals surface area contributed by atoms with Crippen molar-refractivity contribution in [2.45, 2.75) is 52.1 Å². The van der Waals surface area contributed by atoms with E-state index in [1.807, 2.05) is 0 Å². The average Bonchev–Trinajstić information content (AvgIpc) is 2.34. The van der Waals surface area contributed by atoms with Crippen LogP contribution < -0.4 is 5.32 Å². The lowest BCUT2D eigenvalue weighted by atomic mass is 9.66. The quantitative estimate of drug-likeness (QED) is 0.626. The predicted molar refractivity (Wildman–Crippen MR) is 74.2 cm³/mol. The third-order valence-electron chi connectivity index (χ3n) is 4.53. The van der Waals surface area contributed by atoms with Crippen LogP contribution in [0.4, 0.5) is 13.2 Å². The van der Waals surface area contributed by atoms with E-state index in [-0.39, 0.29) is 0 Å². The number of nitrogens with zero attached hydrogens (tertiary/aromatic N) is 2. The standard InChI is InChI=1S/C14H22F3N3/c1-10(19-20-11(2)14(15,16)17)7-12-3-5-13(6-4-12)8-18-9-13/h12,18H,3-9H2,1-2H3/b19-10+,20-11+. The van der Waals surface area contributed by atoms with Gasteiger partial charge in [0.15, 0.2) is 0 Å². The Morgan fingerprint density at radius 1 is 1.15 bits per heavy atom. The van der Waals surface area contributed by atoms with E-state index in [2.05, 4.69) is 15.5 Å². The molecule has 1 aliphatic carbocycles. The minimum Gasteiger partial charge on any atom is -0.316 e. The van der Waals surface area contributed by atoms with E-state index in [9.17, 15) is 13.2 Å². The zero-order chi connectivity index (χ0) is 14.8. The summed E-state index contributed by atoms with van der Waals surface area (Å²) in [6.45, 7) is 4.97. The molecule has 0 aromatic carbocycles. The second-order valence-corrected chi connectivity index (χ2v) is 6.27. The summed E-state index contributed by atoms with van der Waals surface area (Å²) in [5.41, 5.74) is 0.327. The highest BCUT2D eigenvalue weighted by molar-refractivity contribution is 5.89. The molecule has 1 heterocycles. The zero-order valence-electron chi connectivity index (χ0n) is 12.1. The van der Waals surface area contributed by atoms with Gasteiger partial charge in [-0.25, -0.2) is 0 Å². The Morgan fingerprint density at radius 3 is 2.20 bits per heavy atom. The van der Waals surface area contributed by atoms with Crippen molar-refractivity contribution < 1.29 is 13.2 Å². The van der Waals surface area contributed by atoms with E-state index in [4.69, 9.17) is 0 Å². The Labute approximate surface area is 117 Å². The molecule has 0 aromatic rings. The highest BCUT2D eigenvalue weighted by atomic mass is 19.4. The van der Waals surface area contributed by atoms with Crippen molar-refractivity contribution in [2.75, 3.05) is 13.1 Å². The van der Waals surface area contributed by atoms with Crippen LogP contribution in [0.25, 0.3) is 0 Å². The molecule has 0 radical (unpaired) electrons. The SMILES string of the molecule is C/C(CC1CCC2(CC1)CNC2)=N\N=C(/C)C(F)(F)F. The number of alkyl halides is 3. The first kappa shape index (κ1) is 15.5. The van der Waals surface area contributed by atoms with E-state index in [0.29, 0.717) is 17.0 Å². The van der Waals surface area contributed by atoms with Gasteiger partial charge in [0.05, 0.1) is 0 Å². The number of hydrogen-bond donors (Lipinski definition) is 1. The summed E-state index contributed by atoms with van der Waals surface area (Å²) < 4.78 is 36.8. The summed E-state index contributed by atoms with van der Waals surface area (Å²) in [7, 11) is 0. The Balaban J connectivity index is 1.81. The topological polar surface area (TPSA) is 36.8 Å². The summed E-state index contributed by atoms with van der Waals surface area (Å²) >= 11 is 0. The highest BCUT2D eigenvalue weighted by Gasteiger charge is 2.40. The smallest absolute Gasteiger partial charge is 0.316 e. The molecule has 1 N–H and O–H groups in total. The van der Waals surface area contributed by atoms with Gasteiger partial charge in [0.1, 0.15) is 5.71 Å². The molecule has 3 nitrogen and oxygen atoms in total. The van der Waals surface area contributed by atoms with Crippen molar-refractivity contribution in [3.05, 3.63) is 0 Å². The number of nitrogens with one attached hydrogen (secondary N) is 1. The largest absolute Gasteiger partial charge is 0.431 e. The Hall–Kier alpha value is -0.910. The van der Waals surface area contributed by atoms with Gasteiger partial charge in [-0.05, 0) is 57.3 Å². The van der Waals surface area contributed by atoms with Crippen molar-refractivity contribution >= 4 is 11.4 Å². The summed E-state index contributed by atoms with van der Waals surface area (Å²) in [5, 5.41) is 10.3. The van der Waals surface area contributed by atoms with E-state index < -0.39 is 11.9 Å². The molecule has 2 aliphatic rings. The first-order valence-corrected chi connectivity index (χ1v) is 7.16. The summed E-state index contributed by atoms with van der Waals surface area (Å²) in [4.78, 5) is 0. The van der Waals surface area contributed by atoms with Crippen molar-refractivity contribution in [1.29, 1.82) is 0 Å². The lowest BCUT2D eigenvalue weighted by Crippen LogP contribution is -2.54. The van der Waals surface area contributed by atoms with Crippen LogP contribution in [-0.2, 0) is 0 Å². The van der Waals surface area contributed by atoms with E-state index in [1.165, 1.54) is 12.8 Å². The first-order valence-electron chi connectivity index (χ1n) is 7.16. The second-order valence-electron chi connectivity index (χ2n) is 6.27. The molecule has 2 rings (SSSR count). The minimum atomic E-state index is -4.38. The maximum Gasteiger partial charge on any atom is 0.431 e. The Bertz CT molecular complexity index is 398. The zero-order valence-corrected chi connectivity index (χ0v) is 12.1. The van der Waals surface area contributed by atoms with Gasteiger partial charge in [-0.3, -0.25) is 0 Å². The molecule has 1 aliphatic heterocycles. The van der Waals surface area contributed by atoms with E-state index in [0.717, 1.165) is 39.3 Å². The van der Waals surface area contributed by atoms with E-state index in [1.54, 1.807) is 6.92 Å². The van der Waals surface area contributed by atoms with Crippen molar-refractivity contribution in [2.24, 2.45) is 21.5 Å². The van der Waals surface area contributed by atoms with Crippen molar-refractivity contribution in [3.8, 4) is 0 Å². The molecule has 6 heteroatoms. The maximum absolute atomic E-state index is 12.3. The van der Waals surface area contributed by atoms with Gasteiger partial charge in [0.2, 0.25) is 0 Å². The van der Waals surface area contributed by atoms with Crippen molar-refractivity contribution in [3.63, 3.8) is 0 Å². The molecule has 20 heavy (non-hydrogen) atoms. The molecule has 0 aromatic heterocycles. The highest BCUT2D eigenvalue weighted by Crippen LogP contribution is 2.42. The van der Waals surface area contributed by atoms with Crippen molar-refractivity contribution in [1.82, 2.24) is 5.32 Å². The van der Waals surface area contributed by atoms with Crippen LogP contribution in [0.15, 0.2) is 10.2 Å². The normalized spacial score (nSPS) is 24.9. The van der Waals surface area contributed by atoms with Crippen LogP contribution in [0.1, 0.15) is 46.0 Å². The minimum absolute atomic E-state index is 0.520. The molecule has 0 amide bonds. The summed E-state index contributed by atoms with van der Waals surface area (Å²) in [5.74, 6) is 0.548. The van der Waals surface area contributed by atoms with Crippen LogP contribution in [-0.4, -0.2) is 30.7 Å². The second kappa shape index (κ2) is 5.84. The van der Waals surface area contributed by atoms with Crippen LogP contribution in [0, 0.1) is 11.3 Å². The Morgan fingerprint density at radius 2 is 1.75 bits per heavy atom. The predicted octanol–water partition coefficient (Wildman–Crippen LogP) is 3.56. The van der Waals surface area contributed by atoms with Crippen LogP contribution in [0.2, 0.25) is 0 Å². The molecule has 1 saturated carbocycles. The molecular weight excluding hydrogens is 267 g/mol. The molecule has 1 spiro atoms. The summed E-state index contributed by atoms with van der Waals surface area (Å²) in [6.07, 6.45) is 1.13. The molecule has 2 fully saturated rings. The fraction of sp³-hybridized carbons (Fsp3) is 0.857. The number of halogens is 3. The third kappa shape index (κ3) is 3.81. The Kier molecular flexibility index (Phi) is 4.52. The first-order chi connectivity index (χ1) is 9.31.